The zero-order valence-electron chi connectivity index (χ0n) is 7.58. The summed E-state index contributed by atoms with van der Waals surface area (Å²) < 4.78 is 1.72. The first-order chi connectivity index (χ1) is 6.92. The maximum atomic E-state index is 10.9. The van der Waals surface area contributed by atoms with Gasteiger partial charge in [-0.15, -0.1) is 0 Å². The first-order valence-electron chi connectivity index (χ1n) is 4.34. The molecule has 1 heterocycles. The minimum atomic E-state index is 0.787. The van der Waals surface area contributed by atoms with Crippen molar-refractivity contribution in [2.45, 2.75) is 0 Å². The standard InChI is InChI=1S/C11H10N2O/c14-10-13(12-8-4-5-9-12)11-6-2-1-3-7-11/h1-10H. The van der Waals surface area contributed by atoms with Gasteiger partial charge in [-0.3, -0.25) is 9.47 Å². The fourth-order valence-corrected chi connectivity index (χ4v) is 1.30. The van der Waals surface area contributed by atoms with E-state index in [1.54, 1.807) is 4.68 Å². The van der Waals surface area contributed by atoms with Crippen molar-refractivity contribution in [3.8, 4) is 0 Å². The summed E-state index contributed by atoms with van der Waals surface area (Å²) in [4.78, 5) is 10.9. The third-order valence-electron chi connectivity index (χ3n) is 1.96. The van der Waals surface area contributed by atoms with Gasteiger partial charge in [-0.25, -0.2) is 5.01 Å². The van der Waals surface area contributed by atoms with Crippen LogP contribution in [0.2, 0.25) is 0 Å². The van der Waals surface area contributed by atoms with Crippen LogP contribution in [0.25, 0.3) is 0 Å². The van der Waals surface area contributed by atoms with E-state index in [1.165, 1.54) is 5.01 Å². The monoisotopic (exact) mass is 186 g/mol. The number of benzene rings is 1. The first-order valence-corrected chi connectivity index (χ1v) is 4.34. The fourth-order valence-electron chi connectivity index (χ4n) is 1.30. The highest BCUT2D eigenvalue weighted by Crippen LogP contribution is 2.12. The molecule has 0 atom stereocenters. The highest BCUT2D eigenvalue weighted by molar-refractivity contribution is 5.74. The molecule has 0 spiro atoms. The summed E-state index contributed by atoms with van der Waals surface area (Å²) in [5.41, 5.74) is 0.846. The number of carbonyl (C=O) groups excluding carboxylic acids is 1. The second kappa shape index (κ2) is 3.79. The number of nitrogens with zero attached hydrogens (tertiary/aromatic N) is 2. The quantitative estimate of drug-likeness (QED) is 0.672. The summed E-state index contributed by atoms with van der Waals surface area (Å²) in [5.74, 6) is 0. The van der Waals surface area contributed by atoms with Crippen molar-refractivity contribution in [2.24, 2.45) is 0 Å². The number of anilines is 1. The third kappa shape index (κ3) is 1.52. The Kier molecular flexibility index (Phi) is 2.32. The summed E-state index contributed by atoms with van der Waals surface area (Å²) >= 11 is 0. The van der Waals surface area contributed by atoms with Gasteiger partial charge >= 0.3 is 0 Å². The maximum absolute atomic E-state index is 10.9. The molecule has 3 nitrogen and oxygen atoms in total. The Balaban J connectivity index is 2.36. The lowest BCUT2D eigenvalue weighted by molar-refractivity contribution is -0.108. The molecule has 0 fully saturated rings. The van der Waals surface area contributed by atoms with Crippen molar-refractivity contribution in [1.82, 2.24) is 4.68 Å². The number of hydrogen-bond donors (Lipinski definition) is 0. The average molecular weight is 186 g/mol. The smallest absolute Gasteiger partial charge is 0.233 e. The van der Waals surface area contributed by atoms with E-state index in [4.69, 9.17) is 0 Å². The van der Waals surface area contributed by atoms with Crippen LogP contribution in [0.4, 0.5) is 5.69 Å². The summed E-state index contributed by atoms with van der Waals surface area (Å²) in [7, 11) is 0. The zero-order chi connectivity index (χ0) is 9.80. The highest BCUT2D eigenvalue weighted by atomic mass is 16.1. The van der Waals surface area contributed by atoms with Crippen LogP contribution in [0.3, 0.4) is 0 Å². The Morgan fingerprint density at radius 2 is 1.64 bits per heavy atom. The van der Waals surface area contributed by atoms with E-state index in [1.807, 2.05) is 54.9 Å². The Hall–Kier alpha value is -2.03. The van der Waals surface area contributed by atoms with Crippen molar-refractivity contribution in [3.63, 3.8) is 0 Å². The van der Waals surface area contributed by atoms with Gasteiger partial charge in [0.25, 0.3) is 0 Å². The molecule has 14 heavy (non-hydrogen) atoms. The van der Waals surface area contributed by atoms with Gasteiger partial charge in [-0.2, -0.15) is 0 Å². The van der Waals surface area contributed by atoms with Gasteiger partial charge in [0.05, 0.1) is 5.69 Å². The van der Waals surface area contributed by atoms with Crippen molar-refractivity contribution in [1.29, 1.82) is 0 Å². The van der Waals surface area contributed by atoms with Crippen LogP contribution in [-0.4, -0.2) is 11.1 Å². The van der Waals surface area contributed by atoms with Crippen molar-refractivity contribution < 1.29 is 4.79 Å². The molecule has 1 aromatic carbocycles. The van der Waals surface area contributed by atoms with Crippen LogP contribution in [0.5, 0.6) is 0 Å². The van der Waals surface area contributed by atoms with Crippen LogP contribution in [0.1, 0.15) is 0 Å². The number of carbonyl (C=O) groups is 1. The van der Waals surface area contributed by atoms with E-state index in [0.29, 0.717) is 0 Å². The Morgan fingerprint density at radius 3 is 2.21 bits per heavy atom. The second-order valence-electron chi connectivity index (χ2n) is 2.85. The molecule has 0 saturated carbocycles. The van der Waals surface area contributed by atoms with E-state index in [-0.39, 0.29) is 0 Å². The summed E-state index contributed by atoms with van der Waals surface area (Å²) in [5, 5.41) is 1.53. The zero-order valence-corrected chi connectivity index (χ0v) is 7.58. The Labute approximate surface area is 82.2 Å². The van der Waals surface area contributed by atoms with Gasteiger partial charge in [0.2, 0.25) is 6.41 Å². The number of amides is 1. The van der Waals surface area contributed by atoms with E-state index >= 15 is 0 Å². The molecule has 0 unspecified atom stereocenters. The van der Waals surface area contributed by atoms with Crippen molar-refractivity contribution >= 4 is 12.1 Å². The van der Waals surface area contributed by atoms with Gasteiger partial charge < -0.3 is 0 Å². The normalized spacial score (nSPS) is 9.71. The molecule has 0 bridgehead atoms. The van der Waals surface area contributed by atoms with Gasteiger partial charge in [0.15, 0.2) is 0 Å². The summed E-state index contributed by atoms with van der Waals surface area (Å²) in [6.45, 7) is 0. The van der Waals surface area contributed by atoms with Crippen LogP contribution in [0, 0.1) is 0 Å². The molecule has 0 aliphatic heterocycles. The molecule has 2 aromatic rings. The summed E-state index contributed by atoms with van der Waals surface area (Å²) in [6, 6.07) is 13.2. The van der Waals surface area contributed by atoms with Crippen LogP contribution in [-0.2, 0) is 4.79 Å². The second-order valence-corrected chi connectivity index (χ2v) is 2.85. The van der Waals surface area contributed by atoms with E-state index < -0.39 is 0 Å². The van der Waals surface area contributed by atoms with E-state index in [9.17, 15) is 4.79 Å². The van der Waals surface area contributed by atoms with E-state index in [0.717, 1.165) is 12.1 Å². The molecule has 0 radical (unpaired) electrons. The lowest BCUT2D eigenvalue weighted by Crippen LogP contribution is -2.26. The molecular weight excluding hydrogens is 176 g/mol. The topological polar surface area (TPSA) is 25.2 Å². The maximum Gasteiger partial charge on any atom is 0.233 e. The van der Waals surface area contributed by atoms with Gasteiger partial charge in [0.1, 0.15) is 0 Å². The molecular formula is C11H10N2O. The Bertz CT molecular complexity index is 394. The van der Waals surface area contributed by atoms with Crippen molar-refractivity contribution in [3.05, 3.63) is 54.9 Å². The van der Waals surface area contributed by atoms with Gasteiger partial charge in [-0.05, 0) is 24.3 Å². The van der Waals surface area contributed by atoms with Crippen LogP contribution < -0.4 is 5.01 Å². The van der Waals surface area contributed by atoms with Crippen LogP contribution in [0.15, 0.2) is 54.9 Å². The van der Waals surface area contributed by atoms with Gasteiger partial charge in [0, 0.05) is 12.4 Å². The molecule has 70 valence electrons. The number of rotatable bonds is 3. The SMILES string of the molecule is O=CN(c1ccccc1)n1cccc1. The minimum absolute atomic E-state index is 0.787. The number of para-hydroxylation sites is 1. The Morgan fingerprint density at radius 1 is 1.00 bits per heavy atom. The largest absolute Gasteiger partial charge is 0.276 e. The molecule has 3 heteroatoms. The molecule has 0 saturated heterocycles. The van der Waals surface area contributed by atoms with Gasteiger partial charge in [-0.1, -0.05) is 18.2 Å². The lowest BCUT2D eigenvalue weighted by Gasteiger charge is -2.18. The fraction of sp³-hybridized carbons (Fsp3) is 0. The molecule has 0 aliphatic rings. The number of hydrogen-bond acceptors (Lipinski definition) is 1. The molecule has 0 N–H and O–H groups in total. The molecule has 0 aliphatic carbocycles. The average Bonchev–Trinajstić information content (AvgIpc) is 2.74. The van der Waals surface area contributed by atoms with Crippen molar-refractivity contribution in [2.75, 3.05) is 5.01 Å². The predicted octanol–water partition coefficient (Wildman–Crippen LogP) is 1.91. The first kappa shape index (κ1) is 8.56. The predicted molar refractivity (Wildman–Crippen MR) is 54.8 cm³/mol. The molecule has 1 aromatic heterocycles. The highest BCUT2D eigenvalue weighted by Gasteiger charge is 2.03. The van der Waals surface area contributed by atoms with E-state index in [2.05, 4.69) is 0 Å². The lowest BCUT2D eigenvalue weighted by atomic mass is 10.3. The van der Waals surface area contributed by atoms with Crippen LogP contribution >= 0.6 is 0 Å². The molecule has 1 amide bonds. The molecule has 2 rings (SSSR count). The summed E-state index contributed by atoms with van der Waals surface area (Å²) in [6.07, 6.45) is 4.43. The third-order valence-corrected chi connectivity index (χ3v) is 1.96. The number of aromatic nitrogens is 1. The minimum Gasteiger partial charge on any atom is -0.276 e.